The summed E-state index contributed by atoms with van der Waals surface area (Å²) in [5.41, 5.74) is 1.63. The van der Waals surface area contributed by atoms with Crippen LogP contribution in [0.4, 0.5) is 11.4 Å². The lowest BCUT2D eigenvalue weighted by atomic mass is 10.1. The first-order chi connectivity index (χ1) is 12.6. The van der Waals surface area contributed by atoms with E-state index >= 15 is 0 Å². The van der Waals surface area contributed by atoms with Crippen LogP contribution in [-0.4, -0.2) is 40.7 Å². The number of rotatable bonds is 5. The van der Waals surface area contributed by atoms with Crippen molar-refractivity contribution in [1.82, 2.24) is 9.88 Å². The van der Waals surface area contributed by atoms with Gasteiger partial charge in [0, 0.05) is 42.3 Å². The molecule has 1 aromatic heterocycles. The highest BCUT2D eigenvalue weighted by Gasteiger charge is 2.20. The smallest absolute Gasteiger partial charge is 0.255 e. The summed E-state index contributed by atoms with van der Waals surface area (Å²) in [4.78, 5) is 41.6. The first-order valence-corrected chi connectivity index (χ1v) is 8.51. The Kier molecular flexibility index (Phi) is 5.58. The van der Waals surface area contributed by atoms with Gasteiger partial charge in [-0.05, 0) is 43.2 Å². The number of amides is 3. The van der Waals surface area contributed by atoms with Gasteiger partial charge in [-0.3, -0.25) is 19.4 Å². The molecule has 134 valence electrons. The van der Waals surface area contributed by atoms with E-state index in [0.29, 0.717) is 29.9 Å². The van der Waals surface area contributed by atoms with Gasteiger partial charge in [0.2, 0.25) is 11.8 Å². The Bertz CT molecular complexity index is 807. The van der Waals surface area contributed by atoms with Crippen LogP contribution in [0, 0.1) is 0 Å². The van der Waals surface area contributed by atoms with Crippen LogP contribution in [0.2, 0.25) is 0 Å². The molecule has 0 saturated carbocycles. The molecule has 1 saturated heterocycles. The predicted molar refractivity (Wildman–Crippen MR) is 97.7 cm³/mol. The highest BCUT2D eigenvalue weighted by atomic mass is 16.2. The first kappa shape index (κ1) is 17.6. The number of carbonyl (C=O) groups excluding carboxylic acids is 3. The van der Waals surface area contributed by atoms with Crippen LogP contribution < -0.4 is 10.6 Å². The third-order valence-electron chi connectivity index (χ3n) is 4.10. The molecule has 3 rings (SSSR count). The van der Waals surface area contributed by atoms with Crippen LogP contribution in [0.5, 0.6) is 0 Å². The number of nitrogens with one attached hydrogen (secondary N) is 2. The van der Waals surface area contributed by atoms with Crippen molar-refractivity contribution in [2.45, 2.75) is 19.3 Å². The predicted octanol–water partition coefficient (Wildman–Crippen LogP) is 2.28. The van der Waals surface area contributed by atoms with E-state index in [9.17, 15) is 14.4 Å². The van der Waals surface area contributed by atoms with Crippen LogP contribution in [0.25, 0.3) is 0 Å². The molecule has 0 radical (unpaired) electrons. The maximum absolute atomic E-state index is 12.2. The second-order valence-electron chi connectivity index (χ2n) is 6.09. The van der Waals surface area contributed by atoms with Gasteiger partial charge in [0.1, 0.15) is 0 Å². The van der Waals surface area contributed by atoms with Gasteiger partial charge in [0.15, 0.2) is 0 Å². The molecular formula is C19H20N4O3. The monoisotopic (exact) mass is 352 g/mol. The summed E-state index contributed by atoms with van der Waals surface area (Å²) in [6.07, 6.45) is 5.41. The summed E-state index contributed by atoms with van der Waals surface area (Å²) in [7, 11) is 0. The Balaban J connectivity index is 1.59. The summed E-state index contributed by atoms with van der Waals surface area (Å²) in [6, 6.07) is 10.1. The average Bonchev–Trinajstić information content (AvgIpc) is 2.64. The molecule has 1 aliphatic heterocycles. The van der Waals surface area contributed by atoms with Crippen LogP contribution in [0.15, 0.2) is 48.8 Å². The topological polar surface area (TPSA) is 91.4 Å². The molecule has 7 nitrogen and oxygen atoms in total. The van der Waals surface area contributed by atoms with Crippen LogP contribution in [-0.2, 0) is 9.59 Å². The number of nitrogens with zero attached hydrogens (tertiary/aromatic N) is 2. The molecule has 3 amide bonds. The van der Waals surface area contributed by atoms with Crippen molar-refractivity contribution in [1.29, 1.82) is 0 Å². The number of piperidine rings is 1. The van der Waals surface area contributed by atoms with Crippen molar-refractivity contribution in [3.8, 4) is 0 Å². The third-order valence-corrected chi connectivity index (χ3v) is 4.10. The zero-order valence-corrected chi connectivity index (χ0v) is 14.3. The van der Waals surface area contributed by atoms with E-state index in [4.69, 9.17) is 0 Å². The van der Waals surface area contributed by atoms with Crippen molar-refractivity contribution in [2.24, 2.45) is 0 Å². The van der Waals surface area contributed by atoms with Crippen molar-refractivity contribution in [3.63, 3.8) is 0 Å². The SMILES string of the molecule is O=C(CN1CCCCC1=O)Nc1cccc(NC(=O)c2ccncc2)c1. The molecule has 0 aliphatic carbocycles. The van der Waals surface area contributed by atoms with Gasteiger partial charge >= 0.3 is 0 Å². The Morgan fingerprint density at radius 3 is 2.50 bits per heavy atom. The van der Waals surface area contributed by atoms with E-state index in [1.54, 1.807) is 53.7 Å². The van der Waals surface area contributed by atoms with Gasteiger partial charge in [-0.15, -0.1) is 0 Å². The number of benzene rings is 1. The summed E-state index contributed by atoms with van der Waals surface area (Å²) in [5, 5.41) is 5.55. The van der Waals surface area contributed by atoms with Crippen molar-refractivity contribution in [2.75, 3.05) is 23.7 Å². The molecule has 0 bridgehead atoms. The summed E-state index contributed by atoms with van der Waals surface area (Å²) >= 11 is 0. The van der Waals surface area contributed by atoms with Crippen molar-refractivity contribution < 1.29 is 14.4 Å². The number of pyridine rings is 1. The van der Waals surface area contributed by atoms with E-state index in [-0.39, 0.29) is 24.3 Å². The first-order valence-electron chi connectivity index (χ1n) is 8.51. The Labute approximate surface area is 151 Å². The van der Waals surface area contributed by atoms with E-state index in [1.165, 1.54) is 0 Å². The lowest BCUT2D eigenvalue weighted by molar-refractivity contribution is -0.136. The summed E-state index contributed by atoms with van der Waals surface area (Å²) in [6.45, 7) is 0.667. The standard InChI is InChI=1S/C19H20N4O3/c24-17(13-23-11-2-1-6-18(23)25)21-15-4-3-5-16(12-15)22-19(26)14-7-9-20-10-8-14/h3-5,7-10,12H,1-2,6,11,13H2,(H,21,24)(H,22,26). The minimum absolute atomic E-state index is 0.0183. The second kappa shape index (κ2) is 8.24. The Morgan fingerprint density at radius 2 is 1.77 bits per heavy atom. The van der Waals surface area contributed by atoms with E-state index in [2.05, 4.69) is 15.6 Å². The van der Waals surface area contributed by atoms with E-state index in [0.717, 1.165) is 12.8 Å². The number of likely N-dealkylation sites (tertiary alicyclic amines) is 1. The molecular weight excluding hydrogens is 332 g/mol. The molecule has 2 N–H and O–H groups in total. The molecule has 26 heavy (non-hydrogen) atoms. The Hall–Kier alpha value is -3.22. The lowest BCUT2D eigenvalue weighted by Crippen LogP contribution is -2.40. The minimum Gasteiger partial charge on any atom is -0.333 e. The van der Waals surface area contributed by atoms with Gasteiger partial charge in [-0.25, -0.2) is 0 Å². The molecule has 0 unspecified atom stereocenters. The molecule has 2 heterocycles. The average molecular weight is 352 g/mol. The van der Waals surface area contributed by atoms with Crippen molar-refractivity contribution >= 4 is 29.1 Å². The van der Waals surface area contributed by atoms with Gasteiger partial charge in [-0.2, -0.15) is 0 Å². The lowest BCUT2D eigenvalue weighted by Gasteiger charge is -2.26. The number of hydrogen-bond donors (Lipinski definition) is 2. The largest absolute Gasteiger partial charge is 0.333 e. The molecule has 0 spiro atoms. The highest BCUT2D eigenvalue weighted by molar-refractivity contribution is 6.04. The summed E-state index contributed by atoms with van der Waals surface area (Å²) in [5.74, 6) is -0.489. The maximum Gasteiger partial charge on any atom is 0.255 e. The molecule has 2 aromatic rings. The highest BCUT2D eigenvalue weighted by Crippen LogP contribution is 2.17. The van der Waals surface area contributed by atoms with Crippen LogP contribution in [0.1, 0.15) is 29.6 Å². The maximum atomic E-state index is 12.2. The second-order valence-corrected chi connectivity index (χ2v) is 6.09. The van der Waals surface area contributed by atoms with Crippen molar-refractivity contribution in [3.05, 3.63) is 54.4 Å². The van der Waals surface area contributed by atoms with Gasteiger partial charge in [0.05, 0.1) is 6.54 Å². The quantitative estimate of drug-likeness (QED) is 0.864. The number of aromatic nitrogens is 1. The minimum atomic E-state index is -0.255. The number of carbonyl (C=O) groups is 3. The van der Waals surface area contributed by atoms with Crippen LogP contribution in [0.3, 0.4) is 0 Å². The van der Waals surface area contributed by atoms with Gasteiger partial charge in [-0.1, -0.05) is 6.07 Å². The third kappa shape index (κ3) is 4.66. The molecule has 1 fully saturated rings. The molecule has 0 atom stereocenters. The molecule has 7 heteroatoms. The van der Waals surface area contributed by atoms with Crippen LogP contribution >= 0.6 is 0 Å². The zero-order valence-electron chi connectivity index (χ0n) is 14.3. The molecule has 1 aliphatic rings. The van der Waals surface area contributed by atoms with E-state index in [1.807, 2.05) is 0 Å². The van der Waals surface area contributed by atoms with E-state index < -0.39 is 0 Å². The zero-order chi connectivity index (χ0) is 18.4. The molecule has 1 aromatic carbocycles. The van der Waals surface area contributed by atoms with Gasteiger partial charge in [0.25, 0.3) is 5.91 Å². The normalized spacial score (nSPS) is 14.0. The number of anilines is 2. The fourth-order valence-corrected chi connectivity index (χ4v) is 2.78. The fraction of sp³-hybridized carbons (Fsp3) is 0.263. The van der Waals surface area contributed by atoms with Gasteiger partial charge < -0.3 is 15.5 Å². The Morgan fingerprint density at radius 1 is 1.04 bits per heavy atom. The fourth-order valence-electron chi connectivity index (χ4n) is 2.78. The number of hydrogen-bond acceptors (Lipinski definition) is 4. The summed E-state index contributed by atoms with van der Waals surface area (Å²) < 4.78 is 0.